The second-order valence-corrected chi connectivity index (χ2v) is 7.02. The number of rotatable bonds is 5. The smallest absolute Gasteiger partial charge is 0.261 e. The number of methoxy groups -OCH3 is 2. The molecule has 3 aromatic rings. The molecule has 28 heavy (non-hydrogen) atoms. The van der Waals surface area contributed by atoms with Crippen LogP contribution in [0.1, 0.15) is 22.0 Å². The molecule has 0 bridgehead atoms. The Morgan fingerprint density at radius 3 is 2.82 bits per heavy atom. The Kier molecular flexibility index (Phi) is 5.38. The summed E-state index contributed by atoms with van der Waals surface area (Å²) in [5.74, 6) is 0.705. The van der Waals surface area contributed by atoms with Crippen LogP contribution < -0.4 is 14.8 Å². The minimum absolute atomic E-state index is 0.175. The van der Waals surface area contributed by atoms with E-state index in [1.165, 1.54) is 30.8 Å². The summed E-state index contributed by atoms with van der Waals surface area (Å²) in [6, 6.07) is 5.41. The van der Waals surface area contributed by atoms with Crippen LogP contribution in [0.4, 0.5) is 5.13 Å². The molecule has 1 unspecified atom stereocenters. The number of pyridine rings is 1. The zero-order chi connectivity index (χ0) is 19.5. The maximum atomic E-state index is 12.7. The number of nitrogens with one attached hydrogen (secondary N) is 1. The molecule has 1 saturated heterocycles. The fourth-order valence-electron chi connectivity index (χ4n) is 3.04. The van der Waals surface area contributed by atoms with Crippen LogP contribution in [0.2, 0.25) is 0 Å². The van der Waals surface area contributed by atoms with Crippen LogP contribution in [-0.4, -0.2) is 49.9 Å². The zero-order valence-corrected chi connectivity index (χ0v) is 16.2. The maximum absolute atomic E-state index is 12.7. The summed E-state index contributed by atoms with van der Waals surface area (Å²) >= 11 is 1.37. The van der Waals surface area contributed by atoms with E-state index in [0.717, 1.165) is 10.3 Å². The van der Waals surface area contributed by atoms with Crippen LogP contribution in [-0.2, 0) is 9.47 Å². The van der Waals surface area contributed by atoms with Crippen molar-refractivity contribution in [2.45, 2.75) is 6.10 Å². The molecule has 1 N–H and O–H groups in total. The van der Waals surface area contributed by atoms with Gasteiger partial charge in [-0.15, -0.1) is 0 Å². The predicted octanol–water partition coefficient (Wildman–Crippen LogP) is 3.05. The van der Waals surface area contributed by atoms with Gasteiger partial charge in [0.1, 0.15) is 23.1 Å². The summed E-state index contributed by atoms with van der Waals surface area (Å²) < 4.78 is 22.9. The summed E-state index contributed by atoms with van der Waals surface area (Å²) in [5.41, 5.74) is 2.03. The lowest BCUT2D eigenvalue weighted by atomic mass is 10.1. The molecule has 8 nitrogen and oxygen atoms in total. The number of aromatic nitrogens is 2. The molecule has 1 amide bonds. The minimum Gasteiger partial charge on any atom is -0.494 e. The Morgan fingerprint density at radius 1 is 1.21 bits per heavy atom. The van der Waals surface area contributed by atoms with E-state index in [2.05, 4.69) is 15.3 Å². The lowest BCUT2D eigenvalue weighted by molar-refractivity contribution is -0.0895. The number of carbonyl (C=O) groups is 1. The van der Waals surface area contributed by atoms with Crippen molar-refractivity contribution in [1.29, 1.82) is 0 Å². The van der Waals surface area contributed by atoms with Crippen molar-refractivity contribution < 1.29 is 23.7 Å². The van der Waals surface area contributed by atoms with Gasteiger partial charge in [0.2, 0.25) is 0 Å². The lowest BCUT2D eigenvalue weighted by Crippen LogP contribution is -2.21. The number of ether oxygens (including phenoxy) is 4. The Labute approximate surface area is 165 Å². The number of benzene rings is 1. The van der Waals surface area contributed by atoms with Gasteiger partial charge in [0.25, 0.3) is 5.91 Å². The first kappa shape index (κ1) is 18.6. The quantitative estimate of drug-likeness (QED) is 0.702. The Bertz CT molecular complexity index is 1000. The van der Waals surface area contributed by atoms with Gasteiger partial charge >= 0.3 is 0 Å². The Morgan fingerprint density at radius 2 is 2.07 bits per heavy atom. The minimum atomic E-state index is -0.323. The summed E-state index contributed by atoms with van der Waals surface area (Å²) in [6.45, 7) is 1.62. The number of carbonyl (C=O) groups excluding carboxylic acids is 1. The molecular weight excluding hydrogens is 382 g/mol. The highest BCUT2D eigenvalue weighted by molar-refractivity contribution is 7.22. The van der Waals surface area contributed by atoms with Gasteiger partial charge in [0.15, 0.2) is 5.13 Å². The first-order chi connectivity index (χ1) is 13.7. The van der Waals surface area contributed by atoms with Crippen molar-refractivity contribution in [2.75, 3.05) is 39.4 Å². The van der Waals surface area contributed by atoms with E-state index < -0.39 is 0 Å². The standard InChI is InChI=1S/C19H19N3O5S/c1-24-13-4-3-11(15-10-26-7-8-27-15)17-16(13)21-19(28-17)22-18(23)12-5-6-20-9-14(12)25-2/h3-6,9,15H,7-8,10H2,1-2H3,(H,21,22,23). The first-order valence-electron chi connectivity index (χ1n) is 8.67. The van der Waals surface area contributed by atoms with Crippen molar-refractivity contribution in [3.8, 4) is 11.5 Å². The predicted molar refractivity (Wildman–Crippen MR) is 104 cm³/mol. The molecule has 3 heterocycles. The van der Waals surface area contributed by atoms with Gasteiger partial charge in [-0.25, -0.2) is 4.98 Å². The molecule has 2 aromatic heterocycles. The monoisotopic (exact) mass is 401 g/mol. The number of anilines is 1. The normalized spacial score (nSPS) is 16.7. The number of fused-ring (bicyclic) bond motifs is 1. The Balaban J connectivity index is 1.69. The van der Waals surface area contributed by atoms with Crippen LogP contribution in [0.25, 0.3) is 10.2 Å². The van der Waals surface area contributed by atoms with E-state index in [4.69, 9.17) is 18.9 Å². The molecular formula is C19H19N3O5S. The van der Waals surface area contributed by atoms with Gasteiger partial charge in [0, 0.05) is 11.8 Å². The third-order valence-corrected chi connectivity index (χ3v) is 5.41. The van der Waals surface area contributed by atoms with Crippen LogP contribution in [0.5, 0.6) is 11.5 Å². The van der Waals surface area contributed by atoms with Gasteiger partial charge in [-0.2, -0.15) is 0 Å². The molecule has 0 saturated carbocycles. The summed E-state index contributed by atoms with van der Waals surface area (Å²) in [7, 11) is 3.09. The maximum Gasteiger partial charge on any atom is 0.261 e. The third kappa shape index (κ3) is 3.51. The van der Waals surface area contributed by atoms with Crippen LogP contribution in [0.3, 0.4) is 0 Å². The van der Waals surface area contributed by atoms with Crippen LogP contribution >= 0.6 is 11.3 Å². The molecule has 9 heteroatoms. The van der Waals surface area contributed by atoms with E-state index in [9.17, 15) is 4.79 Å². The summed E-state index contributed by atoms with van der Waals surface area (Å²) in [5, 5.41) is 3.30. The highest BCUT2D eigenvalue weighted by Crippen LogP contribution is 2.39. The fraction of sp³-hybridized carbons (Fsp3) is 0.316. The van der Waals surface area contributed by atoms with E-state index >= 15 is 0 Å². The van der Waals surface area contributed by atoms with E-state index in [0.29, 0.717) is 47.5 Å². The average molecular weight is 401 g/mol. The van der Waals surface area contributed by atoms with Crippen molar-refractivity contribution in [2.24, 2.45) is 0 Å². The fourth-order valence-corrected chi connectivity index (χ4v) is 4.07. The molecule has 4 rings (SSSR count). The van der Waals surface area contributed by atoms with Crippen molar-refractivity contribution in [3.63, 3.8) is 0 Å². The molecule has 0 spiro atoms. The van der Waals surface area contributed by atoms with Crippen molar-refractivity contribution in [3.05, 3.63) is 41.7 Å². The molecule has 1 aliphatic rings. The molecule has 0 aliphatic carbocycles. The number of amides is 1. The topological polar surface area (TPSA) is 91.8 Å². The number of nitrogens with zero attached hydrogens (tertiary/aromatic N) is 2. The second kappa shape index (κ2) is 8.09. The van der Waals surface area contributed by atoms with Crippen LogP contribution in [0, 0.1) is 0 Å². The van der Waals surface area contributed by atoms with Gasteiger partial charge in [-0.3, -0.25) is 15.1 Å². The first-order valence-corrected chi connectivity index (χ1v) is 9.49. The third-order valence-electron chi connectivity index (χ3n) is 4.39. The van der Waals surface area contributed by atoms with Gasteiger partial charge < -0.3 is 18.9 Å². The molecule has 1 aliphatic heterocycles. The zero-order valence-electron chi connectivity index (χ0n) is 15.4. The molecule has 146 valence electrons. The van der Waals surface area contributed by atoms with Gasteiger partial charge in [0.05, 0.1) is 50.5 Å². The van der Waals surface area contributed by atoms with E-state index in [-0.39, 0.29) is 12.0 Å². The van der Waals surface area contributed by atoms with Crippen molar-refractivity contribution in [1.82, 2.24) is 9.97 Å². The van der Waals surface area contributed by atoms with Crippen molar-refractivity contribution >= 4 is 32.6 Å². The van der Waals surface area contributed by atoms with E-state index in [1.807, 2.05) is 12.1 Å². The Hall–Kier alpha value is -2.75. The summed E-state index contributed by atoms with van der Waals surface area (Å²) in [6.07, 6.45) is 2.86. The molecule has 1 atom stereocenters. The molecule has 0 radical (unpaired) electrons. The SMILES string of the molecule is COc1cnccc1C(=O)Nc1nc2c(OC)ccc(C3COCCO3)c2s1. The molecule has 1 aromatic carbocycles. The highest BCUT2D eigenvalue weighted by atomic mass is 32.1. The number of hydrogen-bond acceptors (Lipinski definition) is 8. The average Bonchev–Trinajstić information content (AvgIpc) is 3.17. The highest BCUT2D eigenvalue weighted by Gasteiger charge is 2.23. The van der Waals surface area contributed by atoms with Gasteiger partial charge in [-0.1, -0.05) is 17.4 Å². The van der Waals surface area contributed by atoms with Gasteiger partial charge in [-0.05, 0) is 12.1 Å². The number of hydrogen-bond donors (Lipinski definition) is 1. The largest absolute Gasteiger partial charge is 0.494 e. The number of thiazole rings is 1. The van der Waals surface area contributed by atoms with Crippen LogP contribution in [0.15, 0.2) is 30.6 Å². The lowest BCUT2D eigenvalue weighted by Gasteiger charge is -2.23. The van der Waals surface area contributed by atoms with E-state index in [1.54, 1.807) is 13.2 Å². The summed E-state index contributed by atoms with van der Waals surface area (Å²) in [4.78, 5) is 21.2. The second-order valence-electron chi connectivity index (χ2n) is 6.02. The molecule has 1 fully saturated rings.